The topological polar surface area (TPSA) is 96.3 Å². The van der Waals surface area contributed by atoms with Crippen molar-refractivity contribution >= 4 is 28.7 Å². The predicted octanol–water partition coefficient (Wildman–Crippen LogP) is 4.67. The molecule has 29 heavy (non-hydrogen) atoms. The van der Waals surface area contributed by atoms with Gasteiger partial charge in [-0.05, 0) is 47.1 Å². The standard InChI is InChI=1S/C22H24N4O3/c1-22(2,3)14-8-9-15-13(11-14)7-10-18(15)25-20(27)24-17-5-4-6-19-16(17)12-23-26(19)21(28)29/h4-6,8-9,11-12,18H,7,10H2,1-3H3,(H,28,29)(H2,24,25,27)/t18-/m0/s1. The molecule has 150 valence electrons. The summed E-state index contributed by atoms with van der Waals surface area (Å²) in [5, 5.41) is 19.5. The Morgan fingerprint density at radius 2 is 2.00 bits per heavy atom. The molecule has 0 unspecified atom stereocenters. The van der Waals surface area contributed by atoms with Crippen LogP contribution in [0.3, 0.4) is 0 Å². The lowest BCUT2D eigenvalue weighted by atomic mass is 9.85. The minimum Gasteiger partial charge on any atom is -0.463 e. The van der Waals surface area contributed by atoms with Crippen LogP contribution in [0.1, 0.15) is 49.9 Å². The van der Waals surface area contributed by atoms with Crippen LogP contribution in [0.25, 0.3) is 10.9 Å². The molecule has 1 heterocycles. The maximum atomic E-state index is 12.6. The number of carboxylic acid groups (broad SMARTS) is 1. The van der Waals surface area contributed by atoms with E-state index in [2.05, 4.69) is 54.7 Å². The number of aryl methyl sites for hydroxylation is 1. The molecule has 0 aliphatic heterocycles. The molecule has 1 aliphatic rings. The molecule has 1 aromatic heterocycles. The van der Waals surface area contributed by atoms with Crippen LogP contribution in [0.4, 0.5) is 15.3 Å². The third-order valence-corrected chi connectivity index (χ3v) is 5.44. The van der Waals surface area contributed by atoms with Crippen molar-refractivity contribution in [2.75, 3.05) is 5.32 Å². The molecule has 2 amide bonds. The SMILES string of the molecule is CC(C)(C)c1ccc2c(c1)CC[C@@H]2NC(=O)Nc1cccc2c1cnn2C(=O)O. The van der Waals surface area contributed by atoms with Crippen LogP contribution in [0, 0.1) is 0 Å². The van der Waals surface area contributed by atoms with Crippen molar-refractivity contribution in [2.45, 2.75) is 45.1 Å². The Bertz CT molecular complexity index is 1110. The van der Waals surface area contributed by atoms with E-state index in [1.807, 2.05) is 0 Å². The highest BCUT2D eigenvalue weighted by molar-refractivity contribution is 6.02. The lowest BCUT2D eigenvalue weighted by molar-refractivity contribution is 0.194. The molecule has 1 aliphatic carbocycles. The van der Waals surface area contributed by atoms with Gasteiger partial charge < -0.3 is 15.7 Å². The molecule has 4 rings (SSSR count). The number of benzene rings is 2. The third kappa shape index (κ3) is 3.55. The van der Waals surface area contributed by atoms with Gasteiger partial charge in [-0.2, -0.15) is 9.78 Å². The molecule has 0 spiro atoms. The summed E-state index contributed by atoms with van der Waals surface area (Å²) in [7, 11) is 0. The number of rotatable bonds is 2. The summed E-state index contributed by atoms with van der Waals surface area (Å²) >= 11 is 0. The molecule has 3 N–H and O–H groups in total. The molecule has 7 nitrogen and oxygen atoms in total. The van der Waals surface area contributed by atoms with Gasteiger partial charge in [-0.3, -0.25) is 0 Å². The van der Waals surface area contributed by atoms with Crippen molar-refractivity contribution in [3.63, 3.8) is 0 Å². The van der Waals surface area contributed by atoms with Gasteiger partial charge in [-0.15, -0.1) is 0 Å². The van der Waals surface area contributed by atoms with E-state index in [1.165, 1.54) is 17.3 Å². The first-order valence-electron chi connectivity index (χ1n) is 9.65. The molecule has 0 fully saturated rings. The Labute approximate surface area is 168 Å². The Morgan fingerprint density at radius 1 is 1.21 bits per heavy atom. The van der Waals surface area contributed by atoms with E-state index in [0.717, 1.165) is 23.1 Å². The fourth-order valence-electron chi connectivity index (χ4n) is 3.86. The van der Waals surface area contributed by atoms with E-state index in [4.69, 9.17) is 0 Å². The second kappa shape index (κ2) is 6.92. The number of hydrogen-bond acceptors (Lipinski definition) is 3. The number of fused-ring (bicyclic) bond motifs is 2. The second-order valence-electron chi connectivity index (χ2n) is 8.43. The largest absolute Gasteiger partial charge is 0.463 e. The van der Waals surface area contributed by atoms with Crippen molar-refractivity contribution in [3.8, 4) is 0 Å². The fourth-order valence-corrected chi connectivity index (χ4v) is 3.86. The van der Waals surface area contributed by atoms with Crippen LogP contribution in [0.2, 0.25) is 0 Å². The number of amides is 2. The van der Waals surface area contributed by atoms with Gasteiger partial charge in [0.2, 0.25) is 0 Å². The third-order valence-electron chi connectivity index (χ3n) is 5.44. The summed E-state index contributed by atoms with van der Waals surface area (Å²) in [4.78, 5) is 23.9. The van der Waals surface area contributed by atoms with Crippen LogP contribution in [0.15, 0.2) is 42.6 Å². The highest BCUT2D eigenvalue weighted by Crippen LogP contribution is 2.34. The van der Waals surface area contributed by atoms with Crippen molar-refractivity contribution < 1.29 is 14.7 Å². The predicted molar refractivity (Wildman–Crippen MR) is 112 cm³/mol. The average Bonchev–Trinajstić information content (AvgIpc) is 3.25. The Kier molecular flexibility index (Phi) is 4.53. The number of hydrogen-bond donors (Lipinski definition) is 3. The van der Waals surface area contributed by atoms with Crippen molar-refractivity contribution in [1.29, 1.82) is 0 Å². The van der Waals surface area contributed by atoms with E-state index in [1.54, 1.807) is 18.2 Å². The van der Waals surface area contributed by atoms with Gasteiger partial charge in [-0.25, -0.2) is 9.59 Å². The number of aromatic nitrogens is 2. The minimum atomic E-state index is -1.17. The van der Waals surface area contributed by atoms with Crippen LogP contribution in [-0.2, 0) is 11.8 Å². The van der Waals surface area contributed by atoms with Crippen molar-refractivity contribution in [1.82, 2.24) is 15.1 Å². The van der Waals surface area contributed by atoms with Crippen molar-refractivity contribution in [3.05, 3.63) is 59.3 Å². The number of anilines is 1. The summed E-state index contributed by atoms with van der Waals surface area (Å²) in [5.41, 5.74) is 4.78. The molecule has 2 aromatic carbocycles. The van der Waals surface area contributed by atoms with Gasteiger partial charge in [-0.1, -0.05) is 45.0 Å². The highest BCUT2D eigenvalue weighted by atomic mass is 16.4. The first-order chi connectivity index (χ1) is 13.7. The van der Waals surface area contributed by atoms with Crippen LogP contribution < -0.4 is 10.6 Å². The van der Waals surface area contributed by atoms with Gasteiger partial charge in [0.1, 0.15) is 0 Å². The minimum absolute atomic E-state index is 0.0417. The highest BCUT2D eigenvalue weighted by Gasteiger charge is 2.26. The molecular weight excluding hydrogens is 368 g/mol. The molecule has 3 aromatic rings. The first-order valence-corrected chi connectivity index (χ1v) is 9.65. The lowest BCUT2D eigenvalue weighted by Crippen LogP contribution is -2.31. The maximum absolute atomic E-state index is 12.6. The fraction of sp³-hybridized carbons (Fsp3) is 0.318. The van der Waals surface area contributed by atoms with Gasteiger partial charge in [0, 0.05) is 5.39 Å². The number of nitrogens with zero attached hydrogens (tertiary/aromatic N) is 2. The van der Waals surface area contributed by atoms with Gasteiger partial charge in [0.15, 0.2) is 0 Å². The molecule has 1 atom stereocenters. The summed E-state index contributed by atoms with van der Waals surface area (Å²) in [6, 6.07) is 11.2. The van der Waals surface area contributed by atoms with Crippen LogP contribution in [-0.4, -0.2) is 27.0 Å². The first kappa shape index (κ1) is 19.0. The number of carbonyl (C=O) groups excluding carboxylic acids is 1. The maximum Gasteiger partial charge on any atom is 0.432 e. The lowest BCUT2D eigenvalue weighted by Gasteiger charge is -2.21. The second-order valence-corrected chi connectivity index (χ2v) is 8.43. The summed E-state index contributed by atoms with van der Waals surface area (Å²) in [5.74, 6) is 0. The smallest absolute Gasteiger partial charge is 0.432 e. The van der Waals surface area contributed by atoms with E-state index in [9.17, 15) is 14.7 Å². The quantitative estimate of drug-likeness (QED) is 0.590. The van der Waals surface area contributed by atoms with E-state index in [-0.39, 0.29) is 17.5 Å². The number of nitrogens with one attached hydrogen (secondary N) is 2. The molecule has 0 saturated carbocycles. The zero-order valence-electron chi connectivity index (χ0n) is 16.7. The van der Waals surface area contributed by atoms with Crippen LogP contribution in [0.5, 0.6) is 0 Å². The molecule has 0 radical (unpaired) electrons. The summed E-state index contributed by atoms with van der Waals surface area (Å²) in [6.45, 7) is 6.58. The van der Waals surface area contributed by atoms with E-state index in [0.29, 0.717) is 16.6 Å². The van der Waals surface area contributed by atoms with Gasteiger partial charge in [0.05, 0.1) is 23.4 Å². The van der Waals surface area contributed by atoms with Crippen molar-refractivity contribution in [2.24, 2.45) is 0 Å². The van der Waals surface area contributed by atoms with E-state index >= 15 is 0 Å². The summed E-state index contributed by atoms with van der Waals surface area (Å²) in [6.07, 6.45) is 2.07. The normalized spacial score (nSPS) is 15.9. The Hall–Kier alpha value is -3.35. The number of urea groups is 1. The average molecular weight is 392 g/mol. The molecule has 0 saturated heterocycles. The Balaban J connectivity index is 1.51. The van der Waals surface area contributed by atoms with Gasteiger partial charge in [0.25, 0.3) is 0 Å². The van der Waals surface area contributed by atoms with E-state index < -0.39 is 6.09 Å². The van der Waals surface area contributed by atoms with Gasteiger partial charge >= 0.3 is 12.1 Å². The monoisotopic (exact) mass is 392 g/mol. The Morgan fingerprint density at radius 3 is 2.72 bits per heavy atom. The van der Waals surface area contributed by atoms with Crippen LogP contribution >= 0.6 is 0 Å². The summed E-state index contributed by atoms with van der Waals surface area (Å²) < 4.78 is 0.887. The molecular formula is C22H24N4O3. The zero-order valence-corrected chi connectivity index (χ0v) is 16.7. The zero-order chi connectivity index (χ0) is 20.8. The number of carbonyl (C=O) groups is 2. The molecule has 0 bridgehead atoms. The molecule has 7 heteroatoms.